The van der Waals surface area contributed by atoms with E-state index in [2.05, 4.69) is 21.2 Å². The summed E-state index contributed by atoms with van der Waals surface area (Å²) in [7, 11) is -2.70. The van der Waals surface area contributed by atoms with Crippen molar-refractivity contribution < 1.29 is 22.7 Å². The SMILES string of the molecule is COc1ccc(S(=O)(=O)N(CC(=O)N(Cc2cccc(C)c2)[C@H](C)C(=O)NC(C)C)c2ccc(C)cc2)cc1Br. The van der Waals surface area contributed by atoms with E-state index in [0.29, 0.717) is 15.9 Å². The number of aryl methyl sites for hydroxylation is 2. The van der Waals surface area contributed by atoms with Crippen molar-refractivity contribution in [3.63, 3.8) is 0 Å². The second-order valence-electron chi connectivity index (χ2n) is 9.99. The first-order valence-electron chi connectivity index (χ1n) is 12.9. The van der Waals surface area contributed by atoms with Gasteiger partial charge in [0.05, 0.1) is 22.2 Å². The predicted molar refractivity (Wildman–Crippen MR) is 161 cm³/mol. The van der Waals surface area contributed by atoms with Gasteiger partial charge in [-0.1, -0.05) is 47.5 Å². The van der Waals surface area contributed by atoms with Crippen LogP contribution in [-0.4, -0.2) is 50.9 Å². The molecule has 0 aliphatic carbocycles. The van der Waals surface area contributed by atoms with Crippen LogP contribution in [0.5, 0.6) is 5.75 Å². The van der Waals surface area contributed by atoms with Crippen molar-refractivity contribution in [1.29, 1.82) is 0 Å². The summed E-state index contributed by atoms with van der Waals surface area (Å²) in [6, 6.07) is 18.0. The molecule has 0 heterocycles. The number of methoxy groups -OCH3 is 1. The van der Waals surface area contributed by atoms with Crippen LogP contribution in [0.2, 0.25) is 0 Å². The first-order valence-corrected chi connectivity index (χ1v) is 15.1. The van der Waals surface area contributed by atoms with Crippen LogP contribution in [0.25, 0.3) is 0 Å². The van der Waals surface area contributed by atoms with Gasteiger partial charge in [-0.2, -0.15) is 0 Å². The van der Waals surface area contributed by atoms with Crippen LogP contribution in [0, 0.1) is 13.8 Å². The molecule has 0 radical (unpaired) electrons. The summed E-state index contributed by atoms with van der Waals surface area (Å²) in [6.45, 7) is 8.82. The Kier molecular flexibility index (Phi) is 10.4. The molecule has 214 valence electrons. The summed E-state index contributed by atoms with van der Waals surface area (Å²) in [5.41, 5.74) is 3.12. The third-order valence-electron chi connectivity index (χ3n) is 6.35. The van der Waals surface area contributed by atoms with Gasteiger partial charge >= 0.3 is 0 Å². The van der Waals surface area contributed by atoms with Crippen LogP contribution in [0.1, 0.15) is 37.5 Å². The maximum atomic E-state index is 14.0. The number of benzene rings is 3. The molecule has 0 saturated carbocycles. The Morgan fingerprint density at radius 1 is 0.950 bits per heavy atom. The zero-order chi connectivity index (χ0) is 29.6. The van der Waals surface area contributed by atoms with Gasteiger partial charge in [-0.05, 0) is 86.4 Å². The average molecular weight is 631 g/mol. The van der Waals surface area contributed by atoms with Gasteiger partial charge in [0, 0.05) is 12.6 Å². The molecule has 3 aromatic carbocycles. The summed E-state index contributed by atoms with van der Waals surface area (Å²) in [6.07, 6.45) is 0. The maximum absolute atomic E-state index is 14.0. The van der Waals surface area contributed by atoms with Crippen molar-refractivity contribution >= 4 is 43.5 Å². The van der Waals surface area contributed by atoms with Gasteiger partial charge in [0.25, 0.3) is 10.0 Å². The molecule has 1 atom stereocenters. The number of rotatable bonds is 11. The second-order valence-corrected chi connectivity index (χ2v) is 12.7. The molecule has 3 rings (SSSR count). The molecule has 0 aliphatic heterocycles. The van der Waals surface area contributed by atoms with Gasteiger partial charge in [0.15, 0.2) is 0 Å². The van der Waals surface area contributed by atoms with Crippen LogP contribution >= 0.6 is 15.9 Å². The summed E-state index contributed by atoms with van der Waals surface area (Å²) >= 11 is 3.36. The third-order valence-corrected chi connectivity index (χ3v) is 8.74. The smallest absolute Gasteiger partial charge is 0.264 e. The molecule has 1 N–H and O–H groups in total. The van der Waals surface area contributed by atoms with Crippen molar-refractivity contribution in [2.24, 2.45) is 0 Å². The first kappa shape index (κ1) is 31.2. The molecule has 0 aromatic heterocycles. The number of hydrogen-bond acceptors (Lipinski definition) is 5. The minimum Gasteiger partial charge on any atom is -0.496 e. The largest absolute Gasteiger partial charge is 0.496 e. The molecule has 0 unspecified atom stereocenters. The van der Waals surface area contributed by atoms with Gasteiger partial charge in [-0.15, -0.1) is 0 Å². The number of nitrogens with one attached hydrogen (secondary N) is 1. The van der Waals surface area contributed by atoms with Gasteiger partial charge in [-0.25, -0.2) is 8.42 Å². The van der Waals surface area contributed by atoms with Crippen molar-refractivity contribution in [1.82, 2.24) is 10.2 Å². The fourth-order valence-corrected chi connectivity index (χ4v) is 6.30. The van der Waals surface area contributed by atoms with E-state index in [1.54, 1.807) is 37.3 Å². The zero-order valence-corrected chi connectivity index (χ0v) is 26.0. The molecule has 40 heavy (non-hydrogen) atoms. The minimum atomic E-state index is -4.19. The van der Waals surface area contributed by atoms with Gasteiger partial charge in [0.1, 0.15) is 18.3 Å². The molecular weight excluding hydrogens is 594 g/mol. The predicted octanol–water partition coefficient (Wildman–Crippen LogP) is 5.21. The Hall–Kier alpha value is -3.37. The fourth-order valence-electron chi connectivity index (χ4n) is 4.17. The van der Waals surface area contributed by atoms with Gasteiger partial charge in [0.2, 0.25) is 11.8 Å². The molecule has 2 amide bonds. The Balaban J connectivity index is 2.05. The lowest BCUT2D eigenvalue weighted by Crippen LogP contribution is -2.52. The molecule has 8 nitrogen and oxygen atoms in total. The third kappa shape index (κ3) is 7.63. The fraction of sp³-hybridized carbons (Fsp3) is 0.333. The number of halogens is 1. The number of carbonyl (C=O) groups is 2. The van der Waals surface area contributed by atoms with Crippen molar-refractivity contribution in [3.05, 3.63) is 87.9 Å². The number of sulfonamides is 1. The highest BCUT2D eigenvalue weighted by Gasteiger charge is 2.33. The highest BCUT2D eigenvalue weighted by molar-refractivity contribution is 9.10. The van der Waals surface area contributed by atoms with Crippen LogP contribution in [0.3, 0.4) is 0 Å². The number of anilines is 1. The summed E-state index contributed by atoms with van der Waals surface area (Å²) in [5.74, 6) is -0.351. The Labute approximate surface area is 245 Å². The molecule has 0 aliphatic rings. The van der Waals surface area contributed by atoms with Gasteiger partial charge < -0.3 is 15.0 Å². The highest BCUT2D eigenvalue weighted by atomic mass is 79.9. The monoisotopic (exact) mass is 629 g/mol. The van der Waals surface area contributed by atoms with Crippen LogP contribution in [-0.2, 0) is 26.2 Å². The Bertz CT molecular complexity index is 1460. The van der Waals surface area contributed by atoms with Crippen LogP contribution in [0.15, 0.2) is 76.1 Å². The first-order chi connectivity index (χ1) is 18.8. The number of nitrogens with zero attached hydrogens (tertiary/aromatic N) is 2. The topological polar surface area (TPSA) is 96.0 Å². The van der Waals surface area contributed by atoms with E-state index in [1.165, 1.54) is 24.1 Å². The zero-order valence-electron chi connectivity index (χ0n) is 23.6. The normalized spacial score (nSPS) is 12.1. The molecule has 10 heteroatoms. The number of amides is 2. The molecular formula is C30H36BrN3O5S. The van der Waals surface area contributed by atoms with E-state index in [9.17, 15) is 18.0 Å². The average Bonchev–Trinajstić information content (AvgIpc) is 2.90. The molecule has 0 bridgehead atoms. The Morgan fingerprint density at radius 3 is 2.20 bits per heavy atom. The Morgan fingerprint density at radius 2 is 1.62 bits per heavy atom. The molecule has 3 aromatic rings. The van der Waals surface area contributed by atoms with Crippen molar-refractivity contribution in [2.45, 2.75) is 58.1 Å². The second kappa shape index (κ2) is 13.3. The summed E-state index contributed by atoms with van der Waals surface area (Å²) in [4.78, 5) is 28.4. The van der Waals surface area contributed by atoms with Crippen LogP contribution in [0.4, 0.5) is 5.69 Å². The van der Waals surface area contributed by atoms with Crippen molar-refractivity contribution in [3.8, 4) is 5.75 Å². The van der Waals surface area contributed by atoms with Gasteiger partial charge in [-0.3, -0.25) is 13.9 Å². The lowest BCUT2D eigenvalue weighted by Gasteiger charge is -2.32. The van der Waals surface area contributed by atoms with Crippen LogP contribution < -0.4 is 14.4 Å². The van der Waals surface area contributed by atoms with E-state index in [-0.39, 0.29) is 23.4 Å². The quantitative estimate of drug-likeness (QED) is 0.314. The summed E-state index contributed by atoms with van der Waals surface area (Å²) in [5, 5.41) is 2.86. The van der Waals surface area contributed by atoms with E-state index in [4.69, 9.17) is 4.74 Å². The van der Waals surface area contributed by atoms with E-state index in [0.717, 1.165) is 21.0 Å². The lowest BCUT2D eigenvalue weighted by molar-refractivity contribution is -0.139. The number of carbonyl (C=O) groups excluding carboxylic acids is 2. The summed E-state index contributed by atoms with van der Waals surface area (Å²) < 4.78 is 34.8. The van der Waals surface area contributed by atoms with Crippen molar-refractivity contribution in [2.75, 3.05) is 18.0 Å². The van der Waals surface area contributed by atoms with E-state index >= 15 is 0 Å². The molecule has 0 spiro atoms. The molecule has 0 fully saturated rings. The number of hydrogen-bond donors (Lipinski definition) is 1. The van der Waals surface area contributed by atoms with E-state index in [1.807, 2.05) is 52.0 Å². The number of ether oxygens (including phenoxy) is 1. The molecule has 0 saturated heterocycles. The highest BCUT2D eigenvalue weighted by Crippen LogP contribution is 2.31. The minimum absolute atomic E-state index is 0.00983. The standard InChI is InChI=1S/C30H36BrN3O5S/c1-20(2)32-30(36)23(5)33(18-24-9-7-8-22(4)16-24)29(35)19-34(25-12-10-21(3)11-13-25)40(37,38)26-14-15-28(39-6)27(31)17-26/h7-17,20,23H,18-19H2,1-6H3,(H,32,36)/t23-/m1/s1. The maximum Gasteiger partial charge on any atom is 0.264 e. The van der Waals surface area contributed by atoms with E-state index < -0.39 is 28.5 Å². The lowest BCUT2D eigenvalue weighted by atomic mass is 10.1.